The van der Waals surface area contributed by atoms with Crippen molar-refractivity contribution in [1.29, 1.82) is 0 Å². The minimum atomic E-state index is -0.206. The van der Waals surface area contributed by atoms with E-state index in [0.29, 0.717) is 11.9 Å². The van der Waals surface area contributed by atoms with Crippen LogP contribution in [0, 0.1) is 5.41 Å². The highest BCUT2D eigenvalue weighted by molar-refractivity contribution is 5.85. The van der Waals surface area contributed by atoms with Gasteiger partial charge in [0.1, 0.15) is 5.84 Å². The monoisotopic (exact) mass is 296 g/mol. The fourth-order valence-corrected chi connectivity index (χ4v) is 3.73. The first-order valence-corrected chi connectivity index (χ1v) is 8.50. The number of nitrogens with zero attached hydrogens (tertiary/aromatic N) is 2. The van der Waals surface area contributed by atoms with Gasteiger partial charge in [0.05, 0.1) is 0 Å². The van der Waals surface area contributed by atoms with Crippen LogP contribution in [0.4, 0.5) is 0 Å². The van der Waals surface area contributed by atoms with E-state index in [-0.39, 0.29) is 5.41 Å². The molecular weight excluding hydrogens is 264 g/mol. The van der Waals surface area contributed by atoms with Crippen LogP contribution in [0.5, 0.6) is 0 Å². The number of hydrogen-bond acceptors (Lipinski definition) is 4. The lowest BCUT2D eigenvalue weighted by atomic mass is 9.86. The summed E-state index contributed by atoms with van der Waals surface area (Å²) in [5.41, 5.74) is 5.51. The Morgan fingerprint density at radius 2 is 2.10 bits per heavy atom. The molecule has 0 aliphatic carbocycles. The largest absolute Gasteiger partial charge is 0.409 e. The third kappa shape index (κ3) is 4.33. The minimum Gasteiger partial charge on any atom is -0.409 e. The normalized spacial score (nSPS) is 27.8. The Morgan fingerprint density at radius 1 is 1.29 bits per heavy atom. The van der Waals surface area contributed by atoms with Crippen LogP contribution in [0.1, 0.15) is 58.8 Å². The van der Waals surface area contributed by atoms with Crippen LogP contribution in [-0.4, -0.2) is 47.7 Å². The first kappa shape index (κ1) is 16.6. The number of fused-ring (bicyclic) bond motifs is 1. The van der Waals surface area contributed by atoms with E-state index in [0.717, 1.165) is 31.8 Å². The maximum Gasteiger partial charge on any atom is 0.144 e. The van der Waals surface area contributed by atoms with E-state index in [1.54, 1.807) is 0 Å². The van der Waals surface area contributed by atoms with Gasteiger partial charge in [-0.25, -0.2) is 0 Å². The molecule has 2 fully saturated rings. The number of nitrogens with one attached hydrogen (secondary N) is 1. The molecule has 2 aliphatic heterocycles. The maximum atomic E-state index is 8.77. The van der Waals surface area contributed by atoms with Gasteiger partial charge in [-0.1, -0.05) is 31.8 Å². The standard InChI is InChI=1S/C16H32N4O/c1-16(2,15(17)19-21)9-4-5-10-18-13-8-12-20-11-6-3-7-14(13)20/h13-14,18,21H,3-12H2,1-2H3,(H2,17,19). The molecule has 122 valence electrons. The molecule has 2 atom stereocenters. The van der Waals surface area contributed by atoms with Crippen LogP contribution < -0.4 is 11.1 Å². The zero-order valence-corrected chi connectivity index (χ0v) is 13.6. The summed E-state index contributed by atoms with van der Waals surface area (Å²) in [5, 5.41) is 15.7. The second kappa shape index (κ2) is 7.45. The van der Waals surface area contributed by atoms with Crippen molar-refractivity contribution < 1.29 is 5.21 Å². The number of rotatable bonds is 7. The van der Waals surface area contributed by atoms with Gasteiger partial charge < -0.3 is 16.3 Å². The summed E-state index contributed by atoms with van der Waals surface area (Å²) in [4.78, 5) is 2.67. The zero-order valence-electron chi connectivity index (χ0n) is 13.6. The summed E-state index contributed by atoms with van der Waals surface area (Å²) >= 11 is 0. The van der Waals surface area contributed by atoms with Gasteiger partial charge in [0.2, 0.25) is 0 Å². The molecule has 2 unspecified atom stereocenters. The summed E-state index contributed by atoms with van der Waals surface area (Å²) < 4.78 is 0. The number of piperidine rings is 1. The molecule has 5 heteroatoms. The summed E-state index contributed by atoms with van der Waals surface area (Å²) in [7, 11) is 0. The van der Waals surface area contributed by atoms with Crippen molar-refractivity contribution in [2.45, 2.75) is 70.9 Å². The van der Waals surface area contributed by atoms with Crippen molar-refractivity contribution in [3.63, 3.8) is 0 Å². The average molecular weight is 296 g/mol. The third-order valence-electron chi connectivity index (χ3n) is 5.29. The van der Waals surface area contributed by atoms with E-state index in [1.807, 2.05) is 13.8 Å². The molecule has 0 spiro atoms. The van der Waals surface area contributed by atoms with Crippen LogP contribution in [-0.2, 0) is 0 Å². The lowest BCUT2D eigenvalue weighted by Gasteiger charge is -2.32. The second-order valence-corrected chi connectivity index (χ2v) is 7.27. The lowest BCUT2D eigenvalue weighted by Crippen LogP contribution is -2.45. The van der Waals surface area contributed by atoms with Gasteiger partial charge >= 0.3 is 0 Å². The molecule has 2 heterocycles. The Kier molecular flexibility index (Phi) is 5.88. The summed E-state index contributed by atoms with van der Waals surface area (Å²) in [6.07, 6.45) is 8.68. The van der Waals surface area contributed by atoms with E-state index in [9.17, 15) is 0 Å². The highest BCUT2D eigenvalue weighted by atomic mass is 16.4. The molecule has 0 radical (unpaired) electrons. The first-order chi connectivity index (χ1) is 10.0. The fourth-order valence-electron chi connectivity index (χ4n) is 3.73. The predicted molar refractivity (Wildman–Crippen MR) is 86.7 cm³/mol. The second-order valence-electron chi connectivity index (χ2n) is 7.27. The average Bonchev–Trinajstić information content (AvgIpc) is 2.89. The fraction of sp³-hybridized carbons (Fsp3) is 0.938. The number of oxime groups is 1. The van der Waals surface area contributed by atoms with E-state index >= 15 is 0 Å². The van der Waals surface area contributed by atoms with Crippen LogP contribution in [0.3, 0.4) is 0 Å². The smallest absolute Gasteiger partial charge is 0.144 e. The van der Waals surface area contributed by atoms with Crippen molar-refractivity contribution in [2.24, 2.45) is 16.3 Å². The van der Waals surface area contributed by atoms with Gasteiger partial charge in [-0.15, -0.1) is 0 Å². The number of amidine groups is 1. The van der Waals surface area contributed by atoms with Crippen molar-refractivity contribution in [1.82, 2.24) is 10.2 Å². The molecule has 2 rings (SSSR count). The Bertz CT molecular complexity index is 356. The highest BCUT2D eigenvalue weighted by Gasteiger charge is 2.34. The van der Waals surface area contributed by atoms with Gasteiger partial charge in [0.15, 0.2) is 0 Å². The molecule has 0 amide bonds. The molecule has 0 aromatic carbocycles. The molecule has 21 heavy (non-hydrogen) atoms. The Balaban J connectivity index is 1.62. The first-order valence-electron chi connectivity index (χ1n) is 8.50. The van der Waals surface area contributed by atoms with Gasteiger partial charge in [0.25, 0.3) is 0 Å². The van der Waals surface area contributed by atoms with Crippen molar-refractivity contribution in [2.75, 3.05) is 19.6 Å². The topological polar surface area (TPSA) is 73.9 Å². The van der Waals surface area contributed by atoms with Crippen LogP contribution in [0.15, 0.2) is 5.16 Å². The predicted octanol–water partition coefficient (Wildman–Crippen LogP) is 2.15. The summed E-state index contributed by atoms with van der Waals surface area (Å²) in [5.74, 6) is 0.337. The van der Waals surface area contributed by atoms with Crippen LogP contribution >= 0.6 is 0 Å². The Morgan fingerprint density at radius 3 is 2.86 bits per heavy atom. The number of hydrogen-bond donors (Lipinski definition) is 3. The van der Waals surface area contributed by atoms with Gasteiger partial charge in [-0.3, -0.25) is 4.90 Å². The third-order valence-corrected chi connectivity index (χ3v) is 5.29. The van der Waals surface area contributed by atoms with E-state index in [2.05, 4.69) is 15.4 Å². The SMILES string of the molecule is CC(C)(CCCCNC1CCN2CCCCC12)C(N)=NO. The highest BCUT2D eigenvalue weighted by Crippen LogP contribution is 2.27. The van der Waals surface area contributed by atoms with Crippen molar-refractivity contribution in [3.05, 3.63) is 0 Å². The Labute approximate surface area is 128 Å². The van der Waals surface area contributed by atoms with E-state index < -0.39 is 0 Å². The lowest BCUT2D eigenvalue weighted by molar-refractivity contribution is 0.180. The van der Waals surface area contributed by atoms with Gasteiger partial charge in [-0.05, 0) is 45.2 Å². The molecule has 0 bridgehead atoms. The van der Waals surface area contributed by atoms with E-state index in [1.165, 1.54) is 38.8 Å². The minimum absolute atomic E-state index is 0.206. The van der Waals surface area contributed by atoms with Gasteiger partial charge in [0, 0.05) is 24.0 Å². The quantitative estimate of drug-likeness (QED) is 0.221. The van der Waals surface area contributed by atoms with Crippen LogP contribution in [0.2, 0.25) is 0 Å². The van der Waals surface area contributed by atoms with Crippen molar-refractivity contribution in [3.8, 4) is 0 Å². The van der Waals surface area contributed by atoms with Crippen molar-refractivity contribution >= 4 is 5.84 Å². The van der Waals surface area contributed by atoms with Gasteiger partial charge in [-0.2, -0.15) is 0 Å². The molecule has 2 aliphatic rings. The summed E-state index contributed by atoms with van der Waals surface area (Å²) in [6, 6.07) is 1.48. The molecule has 0 aromatic heterocycles. The summed E-state index contributed by atoms with van der Waals surface area (Å²) in [6.45, 7) is 7.73. The maximum absolute atomic E-state index is 8.77. The number of unbranched alkanes of at least 4 members (excludes halogenated alkanes) is 1. The Hall–Kier alpha value is -0.810. The molecular formula is C16H32N4O. The number of nitrogens with two attached hydrogens (primary N) is 1. The van der Waals surface area contributed by atoms with Crippen LogP contribution in [0.25, 0.3) is 0 Å². The van der Waals surface area contributed by atoms with E-state index in [4.69, 9.17) is 10.9 Å². The molecule has 2 saturated heterocycles. The molecule has 5 nitrogen and oxygen atoms in total. The zero-order chi connectivity index (χ0) is 15.3. The molecule has 0 saturated carbocycles. The molecule has 4 N–H and O–H groups in total. The molecule has 0 aromatic rings.